The van der Waals surface area contributed by atoms with Gasteiger partial charge in [0.25, 0.3) is 0 Å². The lowest BCUT2D eigenvalue weighted by Crippen LogP contribution is -2.45. The average molecular weight is 735 g/mol. The normalized spacial score (nSPS) is 18.1. The summed E-state index contributed by atoms with van der Waals surface area (Å²) in [5, 5.41) is 12.5. The number of carbonyl (C=O) groups excluding carboxylic acids is 1. The van der Waals surface area contributed by atoms with Crippen molar-refractivity contribution in [3.63, 3.8) is 0 Å². The number of hydrogen-bond donors (Lipinski definition) is 3. The maximum absolute atomic E-state index is 13.9. The second kappa shape index (κ2) is 17.8. The molecule has 2 heterocycles. The van der Waals surface area contributed by atoms with E-state index in [4.69, 9.17) is 9.47 Å². The van der Waals surface area contributed by atoms with Crippen LogP contribution in [0, 0.1) is 6.92 Å². The number of aliphatic hydroxyl groups is 1. The van der Waals surface area contributed by atoms with Gasteiger partial charge in [-0.15, -0.1) is 0 Å². The molecule has 1 aliphatic rings. The van der Waals surface area contributed by atoms with Crippen LogP contribution in [0.1, 0.15) is 52.3 Å². The number of aryl methyl sites for hydroxylation is 1. The summed E-state index contributed by atoms with van der Waals surface area (Å²) in [6.45, 7) is 3.31. The Morgan fingerprint density at radius 2 is 1.64 bits per heavy atom. The standard InChI is InChI=1S/C42H46N4O6S/c1-30-14-20-38(21-15-30)53(49,50)45-39(25-31-9-4-3-5-10-31)41(48)44-36-13-8-11-34(26-36)42-51-37(28-46(2)24-22-35-12-6-7-23-43-35)27-40(52-42)33-18-16-32(29-47)17-19-33/h3-21,23,26,37,39-40,42,45,47H,22,24-25,27-29H2,1-2H3,(H,44,48). The van der Waals surface area contributed by atoms with Crippen LogP contribution in [0.4, 0.5) is 5.69 Å². The average Bonchev–Trinajstić information content (AvgIpc) is 3.18. The van der Waals surface area contributed by atoms with Gasteiger partial charge in [-0.1, -0.05) is 90.5 Å². The minimum absolute atomic E-state index is 0.0423. The van der Waals surface area contributed by atoms with E-state index >= 15 is 0 Å². The molecule has 0 radical (unpaired) electrons. The minimum atomic E-state index is -4.00. The molecule has 1 aromatic heterocycles. The molecule has 11 heteroatoms. The van der Waals surface area contributed by atoms with Crippen LogP contribution in [0.25, 0.3) is 0 Å². The predicted molar refractivity (Wildman–Crippen MR) is 204 cm³/mol. The molecular formula is C42H46N4O6S. The summed E-state index contributed by atoms with van der Waals surface area (Å²) in [6.07, 6.45) is 2.20. The smallest absolute Gasteiger partial charge is 0.242 e. The molecule has 5 aromatic rings. The number of carbonyl (C=O) groups is 1. The van der Waals surface area contributed by atoms with Gasteiger partial charge in [0.15, 0.2) is 6.29 Å². The summed E-state index contributed by atoms with van der Waals surface area (Å²) in [4.78, 5) is 20.6. The maximum Gasteiger partial charge on any atom is 0.242 e. The van der Waals surface area contributed by atoms with Crippen LogP contribution in [0.5, 0.6) is 0 Å². The molecule has 276 valence electrons. The van der Waals surface area contributed by atoms with Crippen LogP contribution in [0.3, 0.4) is 0 Å². The third-order valence-corrected chi connectivity index (χ3v) is 10.7. The van der Waals surface area contributed by atoms with Crippen LogP contribution in [-0.4, -0.2) is 61.6 Å². The van der Waals surface area contributed by atoms with E-state index in [1.165, 1.54) is 12.1 Å². The number of aromatic nitrogens is 1. The Balaban J connectivity index is 1.20. The number of amides is 1. The third-order valence-electron chi connectivity index (χ3n) is 9.26. The van der Waals surface area contributed by atoms with Gasteiger partial charge in [-0.3, -0.25) is 9.78 Å². The molecule has 4 unspecified atom stereocenters. The number of sulfonamides is 1. The number of nitrogens with zero attached hydrogens (tertiary/aromatic N) is 2. The molecule has 0 spiro atoms. The van der Waals surface area contributed by atoms with Crippen LogP contribution < -0.4 is 10.0 Å². The molecule has 4 aromatic carbocycles. The Bertz CT molecular complexity index is 2030. The number of ether oxygens (including phenoxy) is 2. The topological polar surface area (TPSA) is 130 Å². The lowest BCUT2D eigenvalue weighted by Gasteiger charge is -2.38. The molecule has 0 saturated carbocycles. The van der Waals surface area contributed by atoms with Crippen molar-refractivity contribution in [2.75, 3.05) is 25.5 Å². The second-order valence-corrected chi connectivity index (χ2v) is 15.2. The first-order chi connectivity index (χ1) is 25.6. The van der Waals surface area contributed by atoms with Crippen molar-refractivity contribution in [3.8, 4) is 0 Å². The van der Waals surface area contributed by atoms with Gasteiger partial charge in [-0.05, 0) is 73.5 Å². The molecule has 1 fully saturated rings. The molecule has 10 nitrogen and oxygen atoms in total. The van der Waals surface area contributed by atoms with Gasteiger partial charge in [0, 0.05) is 49.1 Å². The van der Waals surface area contributed by atoms with E-state index < -0.39 is 28.3 Å². The first-order valence-corrected chi connectivity index (χ1v) is 19.3. The monoisotopic (exact) mass is 734 g/mol. The van der Waals surface area contributed by atoms with Gasteiger partial charge in [-0.2, -0.15) is 4.72 Å². The molecule has 53 heavy (non-hydrogen) atoms. The van der Waals surface area contributed by atoms with Crippen molar-refractivity contribution in [2.24, 2.45) is 0 Å². The quantitative estimate of drug-likeness (QED) is 0.117. The molecule has 3 N–H and O–H groups in total. The largest absolute Gasteiger partial charge is 0.392 e. The Hall–Kier alpha value is -4.75. The molecule has 6 rings (SSSR count). The second-order valence-electron chi connectivity index (χ2n) is 13.5. The molecule has 0 aliphatic carbocycles. The summed E-state index contributed by atoms with van der Waals surface area (Å²) < 4.78 is 42.6. The molecule has 1 saturated heterocycles. The number of hydrogen-bond acceptors (Lipinski definition) is 8. The van der Waals surface area contributed by atoms with Crippen LogP contribution in [0.15, 0.2) is 132 Å². The highest BCUT2D eigenvalue weighted by molar-refractivity contribution is 7.89. The summed E-state index contributed by atoms with van der Waals surface area (Å²) >= 11 is 0. The summed E-state index contributed by atoms with van der Waals surface area (Å²) in [6, 6.07) is 35.6. The van der Waals surface area contributed by atoms with E-state index in [1.54, 1.807) is 30.5 Å². The van der Waals surface area contributed by atoms with Crippen molar-refractivity contribution in [3.05, 3.63) is 161 Å². The fourth-order valence-corrected chi connectivity index (χ4v) is 7.52. The fourth-order valence-electron chi connectivity index (χ4n) is 6.33. The Morgan fingerprint density at radius 3 is 2.36 bits per heavy atom. The minimum Gasteiger partial charge on any atom is -0.392 e. The van der Waals surface area contributed by atoms with E-state index in [1.807, 2.05) is 91.9 Å². The van der Waals surface area contributed by atoms with E-state index in [0.29, 0.717) is 24.2 Å². The van der Waals surface area contributed by atoms with Crippen molar-refractivity contribution >= 4 is 21.6 Å². The number of likely N-dealkylation sites (N-methyl/N-ethyl adjacent to an activating group) is 1. The van der Waals surface area contributed by atoms with Crippen LogP contribution in [-0.2, 0) is 43.7 Å². The zero-order valence-electron chi connectivity index (χ0n) is 30.0. The summed E-state index contributed by atoms with van der Waals surface area (Å²) in [5.74, 6) is -0.499. The summed E-state index contributed by atoms with van der Waals surface area (Å²) in [5.41, 5.74) is 5.75. The number of anilines is 1. The molecule has 1 aliphatic heterocycles. The molecule has 4 atom stereocenters. The third kappa shape index (κ3) is 10.7. The fraction of sp³-hybridized carbons (Fsp3) is 0.286. The molecular weight excluding hydrogens is 689 g/mol. The van der Waals surface area contributed by atoms with Gasteiger partial charge in [-0.25, -0.2) is 8.42 Å². The van der Waals surface area contributed by atoms with E-state index in [2.05, 4.69) is 27.0 Å². The number of pyridine rings is 1. The number of benzene rings is 4. The highest BCUT2D eigenvalue weighted by atomic mass is 32.2. The number of rotatable bonds is 15. The first kappa shape index (κ1) is 38.0. The van der Waals surface area contributed by atoms with Crippen LogP contribution >= 0.6 is 0 Å². The number of aliphatic hydroxyl groups excluding tert-OH is 1. The van der Waals surface area contributed by atoms with E-state index in [9.17, 15) is 18.3 Å². The molecule has 0 bridgehead atoms. The van der Waals surface area contributed by atoms with Crippen molar-refractivity contribution < 1.29 is 27.8 Å². The van der Waals surface area contributed by atoms with Crippen LogP contribution in [0.2, 0.25) is 0 Å². The Kier molecular flexibility index (Phi) is 12.8. The van der Waals surface area contributed by atoms with Gasteiger partial charge in [0.2, 0.25) is 15.9 Å². The maximum atomic E-state index is 13.9. The number of nitrogens with one attached hydrogen (secondary N) is 2. The molecule has 1 amide bonds. The SMILES string of the molecule is Cc1ccc(S(=O)(=O)NC(Cc2ccccc2)C(=O)Nc2cccc(C3OC(CN(C)CCc4ccccn4)CC(c4ccc(CO)cc4)O3)c2)cc1. The first-order valence-electron chi connectivity index (χ1n) is 17.8. The highest BCUT2D eigenvalue weighted by Gasteiger charge is 2.33. The van der Waals surface area contributed by atoms with Crippen molar-refractivity contribution in [1.29, 1.82) is 0 Å². The Morgan fingerprint density at radius 1 is 0.887 bits per heavy atom. The van der Waals surface area contributed by atoms with Crippen molar-refractivity contribution in [2.45, 2.75) is 62.2 Å². The highest BCUT2D eigenvalue weighted by Crippen LogP contribution is 2.38. The Labute approximate surface area is 311 Å². The van der Waals surface area contributed by atoms with Gasteiger partial charge >= 0.3 is 0 Å². The van der Waals surface area contributed by atoms with Gasteiger partial charge in [0.1, 0.15) is 6.04 Å². The predicted octanol–water partition coefficient (Wildman–Crippen LogP) is 6.13. The van der Waals surface area contributed by atoms with Gasteiger partial charge < -0.3 is 24.8 Å². The van der Waals surface area contributed by atoms with E-state index in [0.717, 1.165) is 40.9 Å². The summed E-state index contributed by atoms with van der Waals surface area (Å²) in [7, 11) is -1.94. The van der Waals surface area contributed by atoms with E-state index in [-0.39, 0.29) is 30.1 Å². The lowest BCUT2D eigenvalue weighted by molar-refractivity contribution is -0.252. The lowest BCUT2D eigenvalue weighted by atomic mass is 9.99. The zero-order valence-corrected chi connectivity index (χ0v) is 30.8. The van der Waals surface area contributed by atoms with Gasteiger partial charge in [0.05, 0.1) is 23.7 Å². The zero-order chi connectivity index (χ0) is 37.2. The van der Waals surface area contributed by atoms with Crippen molar-refractivity contribution in [1.82, 2.24) is 14.6 Å².